The number of nitrogens with two attached hydrogens (primary N) is 2. The Morgan fingerprint density at radius 2 is 1.33 bits per heavy atom. The number of nitrogens with zero attached hydrogens (tertiary/aromatic N) is 3. The number of β-amino-alcohol motifs (C(OH)–C–C–N with tert-alkyl or cyclic N) is 1. The van der Waals surface area contributed by atoms with Gasteiger partial charge in [0.1, 0.15) is 42.9 Å². The van der Waals surface area contributed by atoms with Gasteiger partial charge in [-0.25, -0.2) is 0 Å². The maximum Gasteiger partial charge on any atom is 0.251 e. The number of phenols is 1. The summed E-state index contributed by atoms with van der Waals surface area (Å²) in [6.07, 6.45) is -3.15. The molecule has 0 aromatic heterocycles. The molecule has 1 saturated carbocycles. The van der Waals surface area contributed by atoms with Crippen molar-refractivity contribution in [1.82, 2.24) is 36.4 Å². The fraction of sp³-hybridized carbons (Fsp3) is 0.590. The number of nitrogens with one attached hydrogen (secondary N) is 5. The summed E-state index contributed by atoms with van der Waals surface area (Å²) >= 11 is 0. The topological polar surface area (TPSA) is 401 Å². The third-order valence-electron chi connectivity index (χ3n) is 17.1. The van der Waals surface area contributed by atoms with Gasteiger partial charge in [0.25, 0.3) is 5.91 Å². The highest BCUT2D eigenvalue weighted by Gasteiger charge is 2.50. The Bertz CT molecular complexity index is 2850. The molecule has 5 fully saturated rings. The average Bonchev–Trinajstić information content (AvgIpc) is 2.56. The third-order valence-corrected chi connectivity index (χ3v) is 17.1. The lowest BCUT2D eigenvalue weighted by molar-refractivity contribution is -0.147. The van der Waals surface area contributed by atoms with Crippen LogP contribution in [-0.4, -0.2) is 224 Å². The smallest absolute Gasteiger partial charge is 0.251 e. The molecule has 4 aliphatic heterocycles. The van der Waals surface area contributed by atoms with E-state index in [0.717, 1.165) is 65.4 Å². The minimum atomic E-state index is -2.03. The first kappa shape index (κ1) is 66.0. The minimum Gasteiger partial charge on any atom is -0.504 e. The van der Waals surface area contributed by atoms with Crippen molar-refractivity contribution in [2.24, 2.45) is 17.4 Å². The highest BCUT2D eigenvalue weighted by atomic mass is 16.5. The molecular weight excluding hydrogens is 1130 g/mol. The van der Waals surface area contributed by atoms with Gasteiger partial charge in [-0.15, -0.1) is 0 Å². The summed E-state index contributed by atoms with van der Waals surface area (Å²) in [6.45, 7) is 2.92. The lowest BCUT2D eigenvalue weighted by Crippen LogP contribution is -2.64. The number of amides is 7. The van der Waals surface area contributed by atoms with E-state index >= 15 is 0 Å². The van der Waals surface area contributed by atoms with Crippen LogP contribution in [0.15, 0.2) is 66.7 Å². The number of aliphatic hydroxyl groups excluding tert-OH is 6. The van der Waals surface area contributed by atoms with Gasteiger partial charge in [0.15, 0.2) is 11.5 Å². The average molecular weight is 1220 g/mol. The van der Waals surface area contributed by atoms with Gasteiger partial charge >= 0.3 is 0 Å². The maximum absolute atomic E-state index is 14.7. The number of fused-ring (bicyclic) bond motifs is 2. The highest BCUT2D eigenvalue weighted by Crippen LogP contribution is 2.32. The summed E-state index contributed by atoms with van der Waals surface area (Å²) in [5.41, 5.74) is 14.5. The first-order valence-corrected chi connectivity index (χ1v) is 30.3. The second-order valence-electron chi connectivity index (χ2n) is 23.7. The number of aromatic hydroxyl groups is 1. The fourth-order valence-corrected chi connectivity index (χ4v) is 12.2. The van der Waals surface area contributed by atoms with Gasteiger partial charge < -0.3 is 98.0 Å². The maximum atomic E-state index is 14.7. The van der Waals surface area contributed by atoms with Crippen molar-refractivity contribution >= 4 is 47.0 Å². The van der Waals surface area contributed by atoms with Crippen LogP contribution >= 0.6 is 0 Å². The summed E-state index contributed by atoms with van der Waals surface area (Å²) < 4.78 is 12.0. The van der Waals surface area contributed by atoms with Crippen LogP contribution in [0.5, 0.6) is 11.5 Å². The number of phenolic OH excluding ortho intramolecular Hbond substituents is 1. The zero-order valence-corrected chi connectivity index (χ0v) is 49.2. The molecule has 87 heavy (non-hydrogen) atoms. The second kappa shape index (κ2) is 30.3. The summed E-state index contributed by atoms with van der Waals surface area (Å²) in [4.78, 5) is 105. The molecule has 3 aromatic carbocycles. The van der Waals surface area contributed by atoms with Gasteiger partial charge in [-0.05, 0) is 98.7 Å². The molecule has 1 aliphatic carbocycles. The quantitative estimate of drug-likeness (QED) is 0.0738. The molecular formula is C61H86N10O16. The zero-order chi connectivity index (χ0) is 62.6. The summed E-state index contributed by atoms with van der Waals surface area (Å²) in [6, 6.07) is 7.79. The summed E-state index contributed by atoms with van der Waals surface area (Å²) in [5, 5.41) is 91.4. The molecule has 16 N–H and O–H groups in total. The monoisotopic (exact) mass is 1210 g/mol. The van der Waals surface area contributed by atoms with Crippen LogP contribution in [0.25, 0.3) is 11.1 Å². The van der Waals surface area contributed by atoms with Crippen LogP contribution in [0.4, 0.5) is 5.69 Å². The van der Waals surface area contributed by atoms with Crippen molar-refractivity contribution in [3.8, 4) is 22.6 Å². The molecule has 26 nitrogen and oxygen atoms in total. The summed E-state index contributed by atoms with van der Waals surface area (Å²) in [7, 11) is 0. The number of carbonyl (C=O) groups is 7. The molecule has 13 atom stereocenters. The minimum absolute atomic E-state index is 0.000674. The number of piperidine rings is 1. The number of ether oxygens (including phenoxy) is 2. The molecule has 8 rings (SSSR count). The molecule has 4 saturated heterocycles. The van der Waals surface area contributed by atoms with Gasteiger partial charge in [-0.3, -0.25) is 33.6 Å². The van der Waals surface area contributed by atoms with Crippen molar-refractivity contribution in [3.05, 3.63) is 77.9 Å². The van der Waals surface area contributed by atoms with E-state index in [1.54, 1.807) is 31.2 Å². The van der Waals surface area contributed by atoms with Crippen LogP contribution in [0.1, 0.15) is 94.0 Å². The van der Waals surface area contributed by atoms with E-state index in [1.165, 1.54) is 44.4 Å². The number of hydrogen-bond acceptors (Lipinski definition) is 19. The van der Waals surface area contributed by atoms with Gasteiger partial charge in [-0.1, -0.05) is 56.5 Å². The first-order valence-electron chi connectivity index (χ1n) is 30.3. The number of aliphatic hydroxyl groups is 6. The Balaban J connectivity index is 1.05. The van der Waals surface area contributed by atoms with Crippen molar-refractivity contribution in [1.29, 1.82) is 0 Å². The van der Waals surface area contributed by atoms with Crippen molar-refractivity contribution in [2.45, 2.75) is 170 Å². The molecule has 3 aromatic rings. The van der Waals surface area contributed by atoms with Gasteiger partial charge in [0.05, 0.1) is 48.8 Å². The number of hydrogen-bond donors (Lipinski definition) is 14. The molecule has 0 bridgehead atoms. The molecule has 476 valence electrons. The predicted molar refractivity (Wildman–Crippen MR) is 316 cm³/mol. The fourth-order valence-electron chi connectivity index (χ4n) is 12.2. The largest absolute Gasteiger partial charge is 0.504 e. The predicted octanol–water partition coefficient (Wildman–Crippen LogP) is -1.99. The van der Waals surface area contributed by atoms with Crippen molar-refractivity contribution in [3.63, 3.8) is 0 Å². The third kappa shape index (κ3) is 16.6. The molecule has 26 heteroatoms. The van der Waals surface area contributed by atoms with Crippen molar-refractivity contribution in [2.75, 3.05) is 57.3 Å². The Hall–Kier alpha value is -7.01. The highest BCUT2D eigenvalue weighted by molar-refractivity contribution is 6.00. The molecule has 0 spiro atoms. The van der Waals surface area contributed by atoms with E-state index in [4.69, 9.17) is 20.9 Å². The van der Waals surface area contributed by atoms with Crippen molar-refractivity contribution < 1.29 is 78.8 Å². The van der Waals surface area contributed by atoms with Crippen LogP contribution < -0.4 is 47.7 Å². The lowest BCUT2D eigenvalue weighted by atomic mass is 9.97. The Morgan fingerprint density at radius 3 is 1.99 bits per heavy atom. The van der Waals surface area contributed by atoms with E-state index < -0.39 is 152 Å². The molecule has 7 amide bonds. The normalized spacial score (nSPS) is 28.0. The number of carbonyl (C=O) groups excluding carboxylic acids is 7. The first-order chi connectivity index (χ1) is 41.6. The van der Waals surface area contributed by atoms with E-state index in [9.17, 15) is 69.3 Å². The van der Waals surface area contributed by atoms with Crippen LogP contribution in [-0.2, 0) is 39.9 Å². The van der Waals surface area contributed by atoms with E-state index in [-0.39, 0.29) is 61.4 Å². The van der Waals surface area contributed by atoms with Crippen LogP contribution in [0, 0.1) is 5.92 Å². The molecule has 4 heterocycles. The van der Waals surface area contributed by atoms with Gasteiger partial charge in [-0.2, -0.15) is 0 Å². The lowest BCUT2D eigenvalue weighted by Gasteiger charge is -2.36. The summed E-state index contributed by atoms with van der Waals surface area (Å²) in [5.74, 6) is -8.49. The second-order valence-corrected chi connectivity index (χ2v) is 23.7. The van der Waals surface area contributed by atoms with Gasteiger partial charge in [0.2, 0.25) is 35.4 Å². The Kier molecular flexibility index (Phi) is 22.9. The van der Waals surface area contributed by atoms with E-state index in [0.29, 0.717) is 6.10 Å². The molecule has 5 aliphatic rings. The van der Waals surface area contributed by atoms with Crippen LogP contribution in [0.3, 0.4) is 0 Å². The standard InChI is InChI=1S/C61H86N10O16/c1-33-31-71-53(54(33)78)59(83)64-30-40(73)28-44(65-55(79)38-11-9-36(10-12-38)37-13-15-39(16-14-37)69-23-19-43(20-24-69)87-42-6-4-3-5-7-42)56(80)66-50(34(2)72)60(84)70-32-41(74)29-45(70)57(81)67-51(58(82)68-52(61(71)85)47(76)18-21-62)48(77)26-35-8-17-46(75)49(27-35)86-25-22-63/h8-17,27,33-34,40-45,47-48,50-54,72-78H,3-7,18-26,28-32,62-63H2,1-2H3,(H,64,83)(H,65,79)(H,66,80)(H,67,81)(H,68,82)/t33-,34+,40+,41+,44-,45-,47+,48+,50-,51-,52-,53-,54-/m0/s1. The van der Waals surface area contributed by atoms with E-state index in [1.807, 2.05) is 12.1 Å². The SMILES string of the molecule is C[C@@H](O)[C@@H]1NC(=O)[C@@H](NC(=O)c2ccc(-c3ccc(N4CCC(OC5CCCCC5)CC4)cc3)cc2)C[C@@H](O)CNC(=O)[C@@H]2[C@@H](O)[C@@H](C)CN2C(=O)[C@H]([C@H](O)CCN)NC(=O)[C@H]([C@H](O)Cc2ccc(O)c(OCCN)c2)NC(=O)[C@@H]2C[C@@H](O)CN2C1=O. The Morgan fingerprint density at radius 1 is 0.701 bits per heavy atom. The Labute approximate surface area is 505 Å². The van der Waals surface area contributed by atoms with Crippen LogP contribution in [0.2, 0.25) is 0 Å². The van der Waals surface area contributed by atoms with E-state index in [2.05, 4.69) is 43.6 Å². The number of anilines is 1. The molecule has 0 unspecified atom stereocenters. The van der Waals surface area contributed by atoms with Gasteiger partial charge in [0, 0.05) is 75.7 Å². The number of rotatable bonds is 16. The zero-order valence-electron chi connectivity index (χ0n) is 49.2. The number of benzene rings is 3. The molecule has 0 radical (unpaired) electrons.